The number of hydrogen-bond acceptors (Lipinski definition) is 3. The number of nitrogens with one attached hydrogen (secondary N) is 1. The quantitative estimate of drug-likeness (QED) is 0.789. The molecule has 2 N–H and O–H groups in total. The molecule has 0 aliphatic heterocycles. The minimum Gasteiger partial charge on any atom is -0.478 e. The number of hydrogen-bond donors (Lipinski definition) is 2. The van der Waals surface area contributed by atoms with Crippen molar-refractivity contribution in [3.63, 3.8) is 0 Å². The molecule has 3 nitrogen and oxygen atoms in total. The molecule has 76 valence electrons. The van der Waals surface area contributed by atoms with E-state index in [9.17, 15) is 4.79 Å². The number of aromatic nitrogens is 1. The van der Waals surface area contributed by atoms with Crippen LogP contribution in [0.5, 0.6) is 0 Å². The zero-order valence-electron chi connectivity index (χ0n) is 7.56. The zero-order chi connectivity index (χ0) is 10.8. The summed E-state index contributed by atoms with van der Waals surface area (Å²) in [4.78, 5) is 13.8. The molecule has 15 heavy (non-hydrogen) atoms. The average Bonchev–Trinajstić information content (AvgIpc) is 2.65. The van der Waals surface area contributed by atoms with Crippen LogP contribution < -0.4 is 0 Å². The molecule has 2 rings (SSSR count). The summed E-state index contributed by atoms with van der Waals surface area (Å²) in [6.45, 7) is 0. The number of carboxylic acid groups (broad SMARTS) is 1. The molecule has 0 atom stereocenters. The van der Waals surface area contributed by atoms with Gasteiger partial charge in [0.05, 0.1) is 11.3 Å². The first-order valence-corrected chi connectivity index (χ1v) is 5.47. The summed E-state index contributed by atoms with van der Waals surface area (Å²) in [5.41, 5.74) is 1.97. The van der Waals surface area contributed by atoms with Gasteiger partial charge in [-0.3, -0.25) is 0 Å². The Morgan fingerprint density at radius 3 is 2.87 bits per heavy atom. The van der Waals surface area contributed by atoms with Crippen LogP contribution in [0.3, 0.4) is 0 Å². The molecule has 5 heteroatoms. The van der Waals surface area contributed by atoms with E-state index >= 15 is 0 Å². The molecule has 2 aromatic rings. The van der Waals surface area contributed by atoms with E-state index in [1.807, 2.05) is 11.4 Å². The highest BCUT2D eigenvalue weighted by Crippen LogP contribution is 2.20. The summed E-state index contributed by atoms with van der Waals surface area (Å²) in [5.74, 6) is -0.925. The van der Waals surface area contributed by atoms with E-state index < -0.39 is 5.97 Å². The number of aromatic carboxylic acids is 1. The average molecular weight is 237 g/mol. The topological polar surface area (TPSA) is 53.1 Å². The summed E-state index contributed by atoms with van der Waals surface area (Å²) in [7, 11) is 0. The lowest BCUT2D eigenvalue weighted by Gasteiger charge is -1.98. The third-order valence-corrected chi connectivity index (χ3v) is 3.00. The van der Waals surface area contributed by atoms with Crippen LogP contribution in [-0.2, 0) is 0 Å². The van der Waals surface area contributed by atoms with E-state index in [4.69, 9.17) is 17.3 Å². The van der Waals surface area contributed by atoms with Crippen LogP contribution in [0.2, 0.25) is 0 Å². The molecule has 0 bridgehead atoms. The van der Waals surface area contributed by atoms with E-state index in [1.54, 1.807) is 18.2 Å². The number of H-pyrrole nitrogens is 1. The fraction of sp³-hybridized carbons (Fsp3) is 0. The number of carbonyl (C=O) groups is 1. The van der Waals surface area contributed by atoms with Crippen LogP contribution in [-0.4, -0.2) is 16.1 Å². The first kappa shape index (κ1) is 10.1. The van der Waals surface area contributed by atoms with E-state index in [0.717, 1.165) is 11.3 Å². The van der Waals surface area contributed by atoms with Gasteiger partial charge in [0, 0.05) is 5.38 Å². The molecule has 1 heterocycles. The molecular formula is C10H7NO2S2. The van der Waals surface area contributed by atoms with Crippen LogP contribution in [0.4, 0.5) is 0 Å². The highest BCUT2D eigenvalue weighted by atomic mass is 32.1. The Hall–Kier alpha value is -1.46. The first-order valence-electron chi connectivity index (χ1n) is 4.18. The maximum absolute atomic E-state index is 10.8. The predicted molar refractivity (Wildman–Crippen MR) is 61.9 cm³/mol. The number of rotatable bonds is 2. The Kier molecular flexibility index (Phi) is 2.66. The second-order valence-corrected chi connectivity index (χ2v) is 4.49. The van der Waals surface area contributed by atoms with Crippen molar-refractivity contribution in [1.29, 1.82) is 0 Å². The Morgan fingerprint density at radius 2 is 2.27 bits per heavy atom. The summed E-state index contributed by atoms with van der Waals surface area (Å²) < 4.78 is 0.686. The van der Waals surface area contributed by atoms with Gasteiger partial charge in [0.25, 0.3) is 0 Å². The van der Waals surface area contributed by atoms with E-state index in [-0.39, 0.29) is 5.56 Å². The third-order valence-electron chi connectivity index (χ3n) is 1.94. The molecule has 0 unspecified atom stereocenters. The van der Waals surface area contributed by atoms with Gasteiger partial charge in [-0.05, 0) is 29.9 Å². The van der Waals surface area contributed by atoms with E-state index in [0.29, 0.717) is 3.95 Å². The monoisotopic (exact) mass is 237 g/mol. The Labute approximate surface area is 95.0 Å². The van der Waals surface area contributed by atoms with Gasteiger partial charge >= 0.3 is 5.97 Å². The van der Waals surface area contributed by atoms with Crippen LogP contribution >= 0.6 is 23.6 Å². The standard InChI is InChI=1S/C10H7NO2S2/c12-9(13)7-3-1-2-6(4-7)8-5-15-10(14)11-8/h1-5H,(H,11,14)(H,12,13). The molecule has 0 aliphatic rings. The highest BCUT2D eigenvalue weighted by molar-refractivity contribution is 7.73. The number of aromatic amines is 1. The second-order valence-electron chi connectivity index (χ2n) is 2.95. The Balaban J connectivity index is 2.49. The third kappa shape index (κ3) is 2.14. The van der Waals surface area contributed by atoms with Crippen LogP contribution in [0.15, 0.2) is 29.6 Å². The van der Waals surface area contributed by atoms with Crippen molar-refractivity contribution in [3.05, 3.63) is 39.2 Å². The van der Waals surface area contributed by atoms with Crippen molar-refractivity contribution < 1.29 is 9.90 Å². The van der Waals surface area contributed by atoms with Gasteiger partial charge in [0.2, 0.25) is 0 Å². The molecule has 0 amide bonds. The predicted octanol–water partition coefficient (Wildman–Crippen LogP) is 3.17. The van der Waals surface area contributed by atoms with Gasteiger partial charge in [-0.15, -0.1) is 11.3 Å². The largest absolute Gasteiger partial charge is 0.478 e. The highest BCUT2D eigenvalue weighted by Gasteiger charge is 2.05. The Bertz CT molecular complexity index is 556. The number of thiazole rings is 1. The maximum Gasteiger partial charge on any atom is 0.335 e. The van der Waals surface area contributed by atoms with Crippen molar-refractivity contribution in [2.75, 3.05) is 0 Å². The molecule has 0 saturated heterocycles. The molecule has 0 spiro atoms. The summed E-state index contributed by atoms with van der Waals surface area (Å²) in [5, 5.41) is 10.7. The molecule has 0 fully saturated rings. The minimum absolute atomic E-state index is 0.276. The van der Waals surface area contributed by atoms with Gasteiger partial charge in [-0.2, -0.15) is 0 Å². The van der Waals surface area contributed by atoms with Crippen molar-refractivity contribution in [1.82, 2.24) is 4.98 Å². The molecule has 0 saturated carbocycles. The smallest absolute Gasteiger partial charge is 0.335 e. The lowest BCUT2D eigenvalue weighted by atomic mass is 10.1. The summed E-state index contributed by atoms with van der Waals surface area (Å²) >= 11 is 6.39. The van der Waals surface area contributed by atoms with Gasteiger partial charge in [0.1, 0.15) is 0 Å². The van der Waals surface area contributed by atoms with Gasteiger partial charge < -0.3 is 10.1 Å². The zero-order valence-corrected chi connectivity index (χ0v) is 9.19. The summed E-state index contributed by atoms with van der Waals surface area (Å²) in [6.07, 6.45) is 0. The van der Waals surface area contributed by atoms with Gasteiger partial charge in [-0.1, -0.05) is 12.1 Å². The Morgan fingerprint density at radius 1 is 1.47 bits per heavy atom. The van der Waals surface area contributed by atoms with Crippen LogP contribution in [0.1, 0.15) is 10.4 Å². The molecule has 1 aromatic carbocycles. The first-order chi connectivity index (χ1) is 7.16. The molecule has 0 radical (unpaired) electrons. The SMILES string of the molecule is O=C(O)c1cccc(-c2csc(=S)[nH]2)c1. The number of carboxylic acids is 1. The molecular weight excluding hydrogens is 230 g/mol. The maximum atomic E-state index is 10.8. The van der Waals surface area contributed by atoms with E-state index in [2.05, 4.69) is 4.98 Å². The van der Waals surface area contributed by atoms with Gasteiger partial charge in [0.15, 0.2) is 3.95 Å². The van der Waals surface area contributed by atoms with E-state index in [1.165, 1.54) is 11.3 Å². The fourth-order valence-corrected chi connectivity index (χ4v) is 2.08. The van der Waals surface area contributed by atoms with Crippen LogP contribution in [0, 0.1) is 3.95 Å². The normalized spacial score (nSPS) is 10.1. The fourth-order valence-electron chi connectivity index (χ4n) is 1.24. The number of benzene rings is 1. The van der Waals surface area contributed by atoms with Gasteiger partial charge in [-0.25, -0.2) is 4.79 Å². The minimum atomic E-state index is -0.925. The van der Waals surface area contributed by atoms with Crippen molar-refractivity contribution in [3.8, 4) is 11.3 Å². The van der Waals surface area contributed by atoms with Crippen molar-refractivity contribution in [2.45, 2.75) is 0 Å². The molecule has 1 aromatic heterocycles. The van der Waals surface area contributed by atoms with Crippen molar-refractivity contribution in [2.24, 2.45) is 0 Å². The van der Waals surface area contributed by atoms with Crippen molar-refractivity contribution >= 4 is 29.5 Å². The summed E-state index contributed by atoms with van der Waals surface area (Å²) in [6, 6.07) is 6.75. The molecule has 0 aliphatic carbocycles. The second kappa shape index (κ2) is 3.96. The lowest BCUT2D eigenvalue weighted by Crippen LogP contribution is -1.95. The van der Waals surface area contributed by atoms with Crippen LogP contribution in [0.25, 0.3) is 11.3 Å². The lowest BCUT2D eigenvalue weighted by molar-refractivity contribution is 0.0697.